The molecule has 0 radical (unpaired) electrons. The molecule has 0 atom stereocenters. The summed E-state index contributed by atoms with van der Waals surface area (Å²) in [5.41, 5.74) is 0.946. The van der Waals surface area contributed by atoms with Gasteiger partial charge in [-0.3, -0.25) is 4.79 Å². The SMILES string of the molecule is COC(=O)/C=C/c1ccccc1C(=O)Cl. The number of carbonyl (C=O) groups excluding carboxylic acids is 2. The molecule has 0 aliphatic carbocycles. The van der Waals surface area contributed by atoms with E-state index in [1.54, 1.807) is 24.3 Å². The normalized spacial score (nSPS) is 10.3. The summed E-state index contributed by atoms with van der Waals surface area (Å²) in [4.78, 5) is 21.8. The lowest BCUT2D eigenvalue weighted by Gasteiger charge is -1.99. The van der Waals surface area contributed by atoms with E-state index < -0.39 is 11.2 Å². The van der Waals surface area contributed by atoms with Crippen LogP contribution in [0.1, 0.15) is 15.9 Å². The average molecular weight is 225 g/mol. The molecule has 0 aliphatic heterocycles. The van der Waals surface area contributed by atoms with Gasteiger partial charge in [0.2, 0.25) is 0 Å². The predicted octanol–water partition coefficient (Wildman–Crippen LogP) is 2.25. The van der Waals surface area contributed by atoms with E-state index in [2.05, 4.69) is 4.74 Å². The smallest absolute Gasteiger partial charge is 0.330 e. The summed E-state index contributed by atoms with van der Waals surface area (Å²) < 4.78 is 4.43. The molecule has 1 rings (SSSR count). The van der Waals surface area contributed by atoms with E-state index in [0.717, 1.165) is 0 Å². The number of rotatable bonds is 3. The second kappa shape index (κ2) is 5.32. The van der Waals surface area contributed by atoms with Gasteiger partial charge in [0, 0.05) is 11.6 Å². The number of hydrogen-bond acceptors (Lipinski definition) is 3. The van der Waals surface area contributed by atoms with Gasteiger partial charge in [-0.05, 0) is 29.3 Å². The molecule has 0 saturated heterocycles. The van der Waals surface area contributed by atoms with E-state index in [4.69, 9.17) is 11.6 Å². The lowest BCUT2D eigenvalue weighted by Crippen LogP contribution is -1.95. The largest absolute Gasteiger partial charge is 0.466 e. The van der Waals surface area contributed by atoms with Crippen molar-refractivity contribution in [1.29, 1.82) is 0 Å². The third-order valence-corrected chi connectivity index (χ3v) is 1.98. The number of hydrogen-bond donors (Lipinski definition) is 0. The number of carbonyl (C=O) groups is 2. The van der Waals surface area contributed by atoms with Crippen molar-refractivity contribution in [3.05, 3.63) is 41.5 Å². The Bertz CT molecular complexity index is 410. The minimum atomic E-state index is -0.555. The lowest BCUT2D eigenvalue weighted by molar-refractivity contribution is -0.134. The van der Waals surface area contributed by atoms with Gasteiger partial charge in [0.25, 0.3) is 5.24 Å². The number of benzene rings is 1. The first-order chi connectivity index (χ1) is 7.15. The van der Waals surface area contributed by atoms with Crippen molar-refractivity contribution in [3.63, 3.8) is 0 Å². The minimum absolute atomic E-state index is 0.360. The molecule has 4 heteroatoms. The van der Waals surface area contributed by atoms with Crippen molar-refractivity contribution >= 4 is 28.9 Å². The molecular weight excluding hydrogens is 216 g/mol. The molecule has 0 spiro atoms. The lowest BCUT2D eigenvalue weighted by atomic mass is 10.1. The van der Waals surface area contributed by atoms with Gasteiger partial charge in [0.15, 0.2) is 0 Å². The van der Waals surface area contributed by atoms with E-state index in [9.17, 15) is 9.59 Å². The molecule has 0 saturated carbocycles. The Kier molecular flexibility index (Phi) is 4.06. The van der Waals surface area contributed by atoms with E-state index in [0.29, 0.717) is 11.1 Å². The molecular formula is C11H9ClO3. The molecule has 0 amide bonds. The third kappa shape index (κ3) is 3.22. The van der Waals surface area contributed by atoms with Crippen LogP contribution in [-0.4, -0.2) is 18.3 Å². The van der Waals surface area contributed by atoms with Crippen molar-refractivity contribution in [2.45, 2.75) is 0 Å². The maximum Gasteiger partial charge on any atom is 0.330 e. The summed E-state index contributed by atoms with van der Waals surface area (Å²) in [5, 5.41) is -0.555. The van der Waals surface area contributed by atoms with Crippen LogP contribution in [0.3, 0.4) is 0 Å². The highest BCUT2D eigenvalue weighted by Gasteiger charge is 2.05. The van der Waals surface area contributed by atoms with Gasteiger partial charge in [-0.2, -0.15) is 0 Å². The molecule has 0 aliphatic rings. The van der Waals surface area contributed by atoms with Crippen LogP contribution in [0.4, 0.5) is 0 Å². The Hall–Kier alpha value is -1.61. The molecule has 0 aromatic heterocycles. The molecule has 0 unspecified atom stereocenters. The Morgan fingerprint density at radius 3 is 2.60 bits per heavy atom. The molecule has 1 aromatic carbocycles. The van der Waals surface area contributed by atoms with Crippen molar-refractivity contribution < 1.29 is 14.3 Å². The zero-order chi connectivity index (χ0) is 11.3. The van der Waals surface area contributed by atoms with Crippen molar-refractivity contribution in [2.24, 2.45) is 0 Å². The van der Waals surface area contributed by atoms with E-state index in [1.165, 1.54) is 19.3 Å². The Labute approximate surface area is 92.3 Å². The quantitative estimate of drug-likeness (QED) is 0.449. The van der Waals surface area contributed by atoms with Crippen LogP contribution < -0.4 is 0 Å². The van der Waals surface area contributed by atoms with Gasteiger partial charge in [-0.1, -0.05) is 18.2 Å². The number of esters is 1. The number of methoxy groups -OCH3 is 1. The van der Waals surface area contributed by atoms with Crippen LogP contribution in [0, 0.1) is 0 Å². The van der Waals surface area contributed by atoms with Gasteiger partial charge >= 0.3 is 5.97 Å². The van der Waals surface area contributed by atoms with Crippen molar-refractivity contribution in [2.75, 3.05) is 7.11 Å². The topological polar surface area (TPSA) is 43.4 Å². The Morgan fingerprint density at radius 1 is 1.33 bits per heavy atom. The molecule has 0 heterocycles. The maximum atomic E-state index is 11.0. The highest BCUT2D eigenvalue weighted by Crippen LogP contribution is 2.13. The van der Waals surface area contributed by atoms with Gasteiger partial charge in [-0.25, -0.2) is 4.79 Å². The summed E-state index contributed by atoms with van der Waals surface area (Å²) in [7, 11) is 1.28. The summed E-state index contributed by atoms with van der Waals surface area (Å²) >= 11 is 5.37. The fraction of sp³-hybridized carbons (Fsp3) is 0.0909. The molecule has 78 valence electrons. The minimum Gasteiger partial charge on any atom is -0.466 e. The molecule has 0 fully saturated rings. The van der Waals surface area contributed by atoms with Gasteiger partial charge < -0.3 is 4.74 Å². The van der Waals surface area contributed by atoms with Crippen LogP contribution in [0.15, 0.2) is 30.3 Å². The fourth-order valence-electron chi connectivity index (χ4n) is 1.05. The molecule has 15 heavy (non-hydrogen) atoms. The van der Waals surface area contributed by atoms with Crippen LogP contribution in [-0.2, 0) is 9.53 Å². The third-order valence-electron chi connectivity index (χ3n) is 1.77. The fourth-order valence-corrected chi connectivity index (χ4v) is 1.22. The van der Waals surface area contributed by atoms with E-state index in [-0.39, 0.29) is 0 Å². The van der Waals surface area contributed by atoms with Gasteiger partial charge in [0.1, 0.15) is 0 Å². The van der Waals surface area contributed by atoms with Gasteiger partial charge in [-0.15, -0.1) is 0 Å². The molecule has 0 N–H and O–H groups in total. The first kappa shape index (κ1) is 11.5. The zero-order valence-corrected chi connectivity index (χ0v) is 8.82. The molecule has 0 bridgehead atoms. The molecule has 1 aromatic rings. The predicted molar refractivity (Wildman–Crippen MR) is 57.7 cm³/mol. The van der Waals surface area contributed by atoms with Gasteiger partial charge in [0.05, 0.1) is 7.11 Å². The summed E-state index contributed by atoms with van der Waals surface area (Å²) in [5.74, 6) is -0.480. The zero-order valence-electron chi connectivity index (χ0n) is 8.07. The van der Waals surface area contributed by atoms with Crippen LogP contribution in [0.2, 0.25) is 0 Å². The van der Waals surface area contributed by atoms with Crippen LogP contribution in [0.25, 0.3) is 6.08 Å². The monoisotopic (exact) mass is 224 g/mol. The van der Waals surface area contributed by atoms with E-state index >= 15 is 0 Å². The number of halogens is 1. The standard InChI is InChI=1S/C11H9ClO3/c1-15-10(13)7-6-8-4-2-3-5-9(8)11(12)14/h2-7H,1H3/b7-6+. The second-order valence-corrected chi connectivity index (χ2v) is 3.06. The van der Waals surface area contributed by atoms with Crippen molar-refractivity contribution in [3.8, 4) is 0 Å². The Balaban J connectivity index is 2.99. The van der Waals surface area contributed by atoms with E-state index in [1.807, 2.05) is 0 Å². The summed E-state index contributed by atoms with van der Waals surface area (Å²) in [6.45, 7) is 0. The molecule has 3 nitrogen and oxygen atoms in total. The highest BCUT2D eigenvalue weighted by atomic mass is 35.5. The summed E-state index contributed by atoms with van der Waals surface area (Å²) in [6, 6.07) is 6.73. The first-order valence-electron chi connectivity index (χ1n) is 4.20. The first-order valence-corrected chi connectivity index (χ1v) is 4.58. The maximum absolute atomic E-state index is 11.0. The Morgan fingerprint density at radius 2 is 2.00 bits per heavy atom. The second-order valence-electron chi connectivity index (χ2n) is 2.72. The van der Waals surface area contributed by atoms with Crippen LogP contribution in [0.5, 0.6) is 0 Å². The average Bonchev–Trinajstić information content (AvgIpc) is 2.26. The number of ether oxygens (including phenoxy) is 1. The summed E-state index contributed by atoms with van der Waals surface area (Å²) in [6.07, 6.45) is 2.72. The highest BCUT2D eigenvalue weighted by molar-refractivity contribution is 6.68. The van der Waals surface area contributed by atoms with Crippen molar-refractivity contribution in [1.82, 2.24) is 0 Å². The van der Waals surface area contributed by atoms with Crippen LogP contribution >= 0.6 is 11.6 Å².